The van der Waals surface area contributed by atoms with Crippen molar-refractivity contribution in [2.24, 2.45) is 0 Å². The van der Waals surface area contributed by atoms with Gasteiger partial charge in [-0.3, -0.25) is 14.3 Å². The Bertz CT molecular complexity index is 743. The first-order valence-corrected chi connectivity index (χ1v) is 7.18. The van der Waals surface area contributed by atoms with E-state index in [1.165, 1.54) is 4.68 Å². The standard InChI is InChI=1S/C15H17N5O2/c1-2-7-17-13(21)10-19-15(22)20(12-5-6-12)14(18-19)11-4-3-8-16-9-11/h2-4,8-9,12H,1,5-7,10H2,(H,17,21). The van der Waals surface area contributed by atoms with Gasteiger partial charge in [-0.1, -0.05) is 6.08 Å². The fraction of sp³-hybridized carbons (Fsp3) is 0.333. The second-order valence-electron chi connectivity index (χ2n) is 5.20. The van der Waals surface area contributed by atoms with Crippen molar-refractivity contribution < 1.29 is 4.79 Å². The third kappa shape index (κ3) is 2.83. The largest absolute Gasteiger partial charge is 0.351 e. The van der Waals surface area contributed by atoms with Crippen LogP contribution in [0.5, 0.6) is 0 Å². The smallest absolute Gasteiger partial charge is 0.346 e. The molecule has 1 fully saturated rings. The number of aromatic nitrogens is 4. The van der Waals surface area contributed by atoms with Gasteiger partial charge in [0.25, 0.3) is 0 Å². The van der Waals surface area contributed by atoms with E-state index in [1.807, 2.05) is 6.07 Å². The first kappa shape index (κ1) is 14.2. The molecule has 1 saturated carbocycles. The number of carbonyl (C=O) groups excluding carboxylic acids is 1. The van der Waals surface area contributed by atoms with Crippen LogP contribution < -0.4 is 11.0 Å². The van der Waals surface area contributed by atoms with E-state index in [0.717, 1.165) is 18.4 Å². The first-order chi connectivity index (χ1) is 10.7. The van der Waals surface area contributed by atoms with Crippen molar-refractivity contribution in [3.8, 4) is 11.4 Å². The van der Waals surface area contributed by atoms with Crippen LogP contribution in [-0.2, 0) is 11.3 Å². The summed E-state index contributed by atoms with van der Waals surface area (Å²) in [7, 11) is 0. The predicted octanol–water partition coefficient (Wildman–Crippen LogP) is 0.744. The molecule has 0 aliphatic heterocycles. The summed E-state index contributed by atoms with van der Waals surface area (Å²) in [5, 5.41) is 6.97. The van der Waals surface area contributed by atoms with Crippen molar-refractivity contribution >= 4 is 5.91 Å². The fourth-order valence-corrected chi connectivity index (χ4v) is 2.25. The lowest BCUT2D eigenvalue weighted by Gasteiger charge is -2.02. The second kappa shape index (κ2) is 5.97. The first-order valence-electron chi connectivity index (χ1n) is 7.18. The number of hydrogen-bond donors (Lipinski definition) is 1. The minimum atomic E-state index is -0.264. The van der Waals surface area contributed by atoms with Crippen LogP contribution in [0.4, 0.5) is 0 Å². The fourth-order valence-electron chi connectivity index (χ4n) is 2.25. The van der Waals surface area contributed by atoms with Crippen LogP contribution >= 0.6 is 0 Å². The number of nitrogens with one attached hydrogen (secondary N) is 1. The van der Waals surface area contributed by atoms with Crippen LogP contribution in [0.1, 0.15) is 18.9 Å². The van der Waals surface area contributed by atoms with E-state index >= 15 is 0 Å². The second-order valence-corrected chi connectivity index (χ2v) is 5.20. The van der Waals surface area contributed by atoms with Gasteiger partial charge in [-0.15, -0.1) is 11.7 Å². The van der Waals surface area contributed by atoms with Gasteiger partial charge in [0, 0.05) is 30.5 Å². The van der Waals surface area contributed by atoms with Crippen molar-refractivity contribution in [2.75, 3.05) is 6.54 Å². The molecule has 1 aliphatic rings. The van der Waals surface area contributed by atoms with Gasteiger partial charge >= 0.3 is 5.69 Å². The summed E-state index contributed by atoms with van der Waals surface area (Å²) >= 11 is 0. The molecule has 114 valence electrons. The molecular weight excluding hydrogens is 282 g/mol. The summed E-state index contributed by atoms with van der Waals surface area (Å²) < 4.78 is 2.87. The molecule has 0 atom stereocenters. The van der Waals surface area contributed by atoms with Crippen molar-refractivity contribution in [1.82, 2.24) is 24.6 Å². The van der Waals surface area contributed by atoms with Crippen LogP contribution in [0.2, 0.25) is 0 Å². The van der Waals surface area contributed by atoms with Crippen molar-refractivity contribution in [1.29, 1.82) is 0 Å². The minimum absolute atomic E-state index is 0.0976. The predicted molar refractivity (Wildman–Crippen MR) is 81.2 cm³/mol. The number of amides is 1. The van der Waals surface area contributed by atoms with Crippen LogP contribution in [0.25, 0.3) is 11.4 Å². The van der Waals surface area contributed by atoms with Crippen LogP contribution in [0.3, 0.4) is 0 Å². The Morgan fingerprint density at radius 3 is 2.95 bits per heavy atom. The zero-order valence-corrected chi connectivity index (χ0v) is 12.1. The highest BCUT2D eigenvalue weighted by Crippen LogP contribution is 2.36. The lowest BCUT2D eigenvalue weighted by atomic mass is 10.3. The Hall–Kier alpha value is -2.70. The monoisotopic (exact) mass is 299 g/mol. The summed E-state index contributed by atoms with van der Waals surface area (Å²) in [5.41, 5.74) is 0.520. The Balaban J connectivity index is 1.94. The Morgan fingerprint density at radius 2 is 2.32 bits per heavy atom. The SMILES string of the molecule is C=CCNC(=O)Cn1nc(-c2cccnc2)n(C2CC2)c1=O. The lowest BCUT2D eigenvalue weighted by molar-refractivity contribution is -0.121. The molecule has 2 heterocycles. The molecule has 22 heavy (non-hydrogen) atoms. The summed E-state index contributed by atoms with van der Waals surface area (Å²) in [6.07, 6.45) is 6.85. The molecule has 2 aromatic rings. The maximum Gasteiger partial charge on any atom is 0.346 e. The molecule has 7 nitrogen and oxygen atoms in total. The van der Waals surface area contributed by atoms with Gasteiger partial charge in [-0.25, -0.2) is 9.48 Å². The number of rotatable bonds is 6. The molecule has 0 unspecified atom stereocenters. The third-order valence-corrected chi connectivity index (χ3v) is 3.44. The van der Waals surface area contributed by atoms with Crippen molar-refractivity contribution in [3.63, 3.8) is 0 Å². The van der Waals surface area contributed by atoms with E-state index in [4.69, 9.17) is 0 Å². The van der Waals surface area contributed by atoms with Crippen LogP contribution in [0.15, 0.2) is 42.0 Å². The zero-order valence-electron chi connectivity index (χ0n) is 12.1. The molecule has 3 rings (SSSR count). The summed E-state index contributed by atoms with van der Waals surface area (Å²) in [6.45, 7) is 3.81. The number of pyridine rings is 1. The van der Waals surface area contributed by atoms with E-state index < -0.39 is 0 Å². The van der Waals surface area contributed by atoms with E-state index in [-0.39, 0.29) is 24.2 Å². The molecule has 0 aromatic carbocycles. The Kier molecular flexibility index (Phi) is 3.86. The highest BCUT2D eigenvalue weighted by atomic mass is 16.2. The Labute approximate surface area is 127 Å². The number of nitrogens with zero attached hydrogens (tertiary/aromatic N) is 4. The molecule has 1 amide bonds. The van der Waals surface area contributed by atoms with Crippen LogP contribution in [-0.4, -0.2) is 31.8 Å². The summed E-state index contributed by atoms with van der Waals surface area (Å²) in [6, 6.07) is 3.83. The molecule has 2 aromatic heterocycles. The highest BCUT2D eigenvalue weighted by Gasteiger charge is 2.30. The van der Waals surface area contributed by atoms with E-state index in [2.05, 4.69) is 22.0 Å². The summed E-state index contributed by atoms with van der Waals surface area (Å²) in [5.74, 6) is 0.303. The Morgan fingerprint density at radius 1 is 1.50 bits per heavy atom. The van der Waals surface area contributed by atoms with Gasteiger partial charge in [0.05, 0.1) is 0 Å². The van der Waals surface area contributed by atoms with Gasteiger partial charge in [0.1, 0.15) is 6.54 Å². The molecule has 0 bridgehead atoms. The van der Waals surface area contributed by atoms with Crippen LogP contribution in [0, 0.1) is 0 Å². The number of carbonyl (C=O) groups is 1. The van der Waals surface area contributed by atoms with Gasteiger partial charge in [-0.2, -0.15) is 0 Å². The summed E-state index contributed by atoms with van der Waals surface area (Å²) in [4.78, 5) is 28.3. The molecule has 0 spiro atoms. The molecule has 1 aliphatic carbocycles. The van der Waals surface area contributed by atoms with Crippen molar-refractivity contribution in [3.05, 3.63) is 47.7 Å². The van der Waals surface area contributed by atoms with E-state index in [9.17, 15) is 9.59 Å². The average molecular weight is 299 g/mol. The highest BCUT2D eigenvalue weighted by molar-refractivity contribution is 5.75. The topological polar surface area (TPSA) is 81.8 Å². The molecule has 7 heteroatoms. The maximum atomic E-state index is 12.5. The third-order valence-electron chi connectivity index (χ3n) is 3.44. The molecule has 1 N–H and O–H groups in total. The zero-order chi connectivity index (χ0) is 15.5. The minimum Gasteiger partial charge on any atom is -0.351 e. The molecular formula is C15H17N5O2. The van der Waals surface area contributed by atoms with E-state index in [0.29, 0.717) is 12.4 Å². The molecule has 0 saturated heterocycles. The molecule has 0 radical (unpaired) electrons. The average Bonchev–Trinajstić information content (AvgIpc) is 3.32. The maximum absolute atomic E-state index is 12.5. The van der Waals surface area contributed by atoms with Gasteiger partial charge < -0.3 is 5.32 Å². The lowest BCUT2D eigenvalue weighted by Crippen LogP contribution is -2.33. The van der Waals surface area contributed by atoms with Gasteiger partial charge in [-0.05, 0) is 25.0 Å². The van der Waals surface area contributed by atoms with E-state index in [1.54, 1.807) is 29.1 Å². The number of hydrogen-bond acceptors (Lipinski definition) is 4. The van der Waals surface area contributed by atoms with Crippen molar-refractivity contribution in [2.45, 2.75) is 25.4 Å². The van der Waals surface area contributed by atoms with Gasteiger partial charge in [0.2, 0.25) is 5.91 Å². The normalized spacial score (nSPS) is 13.8. The van der Waals surface area contributed by atoms with Gasteiger partial charge in [0.15, 0.2) is 5.82 Å². The quantitative estimate of drug-likeness (QED) is 0.798.